The van der Waals surface area contributed by atoms with Crippen molar-refractivity contribution < 1.29 is 4.79 Å². The first-order valence-corrected chi connectivity index (χ1v) is 7.08. The number of hydrogen-bond acceptors (Lipinski definition) is 4. The molecule has 0 saturated carbocycles. The van der Waals surface area contributed by atoms with Crippen molar-refractivity contribution in [3.05, 3.63) is 34.2 Å². The second kappa shape index (κ2) is 6.67. The van der Waals surface area contributed by atoms with Crippen molar-refractivity contribution in [1.82, 2.24) is 14.8 Å². The molecule has 1 unspecified atom stereocenters. The molecule has 2 rings (SSSR count). The summed E-state index contributed by atoms with van der Waals surface area (Å²) >= 11 is 0. The average Bonchev–Trinajstić information content (AvgIpc) is 2.48. The van der Waals surface area contributed by atoms with Gasteiger partial charge in [-0.1, -0.05) is 13.0 Å². The molecule has 1 aliphatic heterocycles. The lowest BCUT2D eigenvalue weighted by molar-refractivity contribution is 0.0566. The van der Waals surface area contributed by atoms with Crippen molar-refractivity contribution >= 4 is 5.91 Å². The standard InChI is InChI=1S/C14H22N4O2/c1-2-11(10-15)17-6-8-18(9-7-17)14(20)12-4-3-5-13(19)16-12/h3-5,11H,2,6-10,15H2,1H3,(H,16,19). The minimum absolute atomic E-state index is 0.108. The Hall–Kier alpha value is -1.66. The quantitative estimate of drug-likeness (QED) is 0.804. The number of aromatic amines is 1. The molecular formula is C14H22N4O2. The van der Waals surface area contributed by atoms with Crippen LogP contribution in [0.4, 0.5) is 0 Å². The van der Waals surface area contributed by atoms with Crippen LogP contribution in [0.3, 0.4) is 0 Å². The van der Waals surface area contributed by atoms with Crippen molar-refractivity contribution in [1.29, 1.82) is 0 Å². The van der Waals surface area contributed by atoms with Crippen molar-refractivity contribution in [2.75, 3.05) is 32.7 Å². The number of piperazine rings is 1. The number of carbonyl (C=O) groups excluding carboxylic acids is 1. The highest BCUT2D eigenvalue weighted by Crippen LogP contribution is 2.10. The second-order valence-corrected chi connectivity index (χ2v) is 5.05. The number of carbonyl (C=O) groups is 1. The number of nitrogens with zero attached hydrogens (tertiary/aromatic N) is 2. The van der Waals surface area contributed by atoms with E-state index in [2.05, 4.69) is 16.8 Å². The van der Waals surface area contributed by atoms with E-state index in [-0.39, 0.29) is 11.5 Å². The maximum atomic E-state index is 12.3. The predicted octanol–water partition coefficient (Wildman–Crippen LogP) is -0.130. The lowest BCUT2D eigenvalue weighted by atomic mass is 10.1. The number of aromatic nitrogens is 1. The number of hydrogen-bond donors (Lipinski definition) is 2. The van der Waals surface area contributed by atoms with E-state index in [1.165, 1.54) is 6.07 Å². The van der Waals surface area contributed by atoms with Gasteiger partial charge in [-0.05, 0) is 12.5 Å². The first-order chi connectivity index (χ1) is 9.65. The van der Waals surface area contributed by atoms with Crippen LogP contribution in [0.1, 0.15) is 23.8 Å². The number of H-pyrrole nitrogens is 1. The number of pyridine rings is 1. The summed E-state index contributed by atoms with van der Waals surface area (Å²) in [5.41, 5.74) is 5.87. The minimum atomic E-state index is -0.247. The molecule has 1 atom stereocenters. The van der Waals surface area contributed by atoms with Crippen molar-refractivity contribution in [2.24, 2.45) is 5.73 Å². The normalized spacial score (nSPS) is 18.0. The monoisotopic (exact) mass is 278 g/mol. The zero-order valence-electron chi connectivity index (χ0n) is 11.8. The average molecular weight is 278 g/mol. The molecule has 6 heteroatoms. The lowest BCUT2D eigenvalue weighted by Gasteiger charge is -2.38. The molecule has 1 aliphatic rings. The zero-order valence-corrected chi connectivity index (χ0v) is 11.8. The fraction of sp³-hybridized carbons (Fsp3) is 0.571. The Morgan fingerprint density at radius 2 is 2.05 bits per heavy atom. The SMILES string of the molecule is CCC(CN)N1CCN(C(=O)c2cccc(=O)[nH]2)CC1. The molecule has 1 saturated heterocycles. The molecule has 1 aromatic heterocycles. The fourth-order valence-corrected chi connectivity index (χ4v) is 2.61. The van der Waals surface area contributed by atoms with Gasteiger partial charge in [0.1, 0.15) is 5.69 Å². The largest absolute Gasteiger partial charge is 0.335 e. The van der Waals surface area contributed by atoms with E-state index >= 15 is 0 Å². The van der Waals surface area contributed by atoms with Gasteiger partial charge in [0, 0.05) is 44.8 Å². The second-order valence-electron chi connectivity index (χ2n) is 5.05. The van der Waals surface area contributed by atoms with Crippen LogP contribution in [0.25, 0.3) is 0 Å². The van der Waals surface area contributed by atoms with Gasteiger partial charge in [-0.2, -0.15) is 0 Å². The van der Waals surface area contributed by atoms with E-state index in [0.717, 1.165) is 19.5 Å². The molecule has 3 N–H and O–H groups in total. The first-order valence-electron chi connectivity index (χ1n) is 7.08. The molecule has 2 heterocycles. The molecule has 1 aromatic rings. The maximum Gasteiger partial charge on any atom is 0.270 e. The van der Waals surface area contributed by atoms with Crippen LogP contribution < -0.4 is 11.3 Å². The topological polar surface area (TPSA) is 82.4 Å². The minimum Gasteiger partial charge on any atom is -0.335 e. The summed E-state index contributed by atoms with van der Waals surface area (Å²) < 4.78 is 0. The van der Waals surface area contributed by atoms with Crippen LogP contribution in [-0.2, 0) is 0 Å². The number of nitrogens with one attached hydrogen (secondary N) is 1. The van der Waals surface area contributed by atoms with Crippen LogP contribution in [0.5, 0.6) is 0 Å². The molecule has 1 fully saturated rings. The first kappa shape index (κ1) is 14.7. The predicted molar refractivity (Wildman–Crippen MR) is 77.7 cm³/mol. The molecule has 6 nitrogen and oxygen atoms in total. The Kier molecular flexibility index (Phi) is 4.92. The zero-order chi connectivity index (χ0) is 14.5. The van der Waals surface area contributed by atoms with Gasteiger partial charge < -0.3 is 15.6 Å². The summed E-state index contributed by atoms with van der Waals surface area (Å²) in [6.45, 7) is 5.79. The van der Waals surface area contributed by atoms with Crippen molar-refractivity contribution in [2.45, 2.75) is 19.4 Å². The van der Waals surface area contributed by atoms with Crippen molar-refractivity contribution in [3.63, 3.8) is 0 Å². The third kappa shape index (κ3) is 3.26. The molecule has 1 amide bonds. The number of nitrogens with two attached hydrogens (primary N) is 1. The van der Waals surface area contributed by atoms with Gasteiger partial charge in [0.25, 0.3) is 5.91 Å². The molecule has 0 bridgehead atoms. The summed E-state index contributed by atoms with van der Waals surface area (Å²) in [4.78, 5) is 30.2. The number of amides is 1. The summed E-state index contributed by atoms with van der Waals surface area (Å²) in [5, 5.41) is 0. The van der Waals surface area contributed by atoms with Gasteiger partial charge >= 0.3 is 0 Å². The highest BCUT2D eigenvalue weighted by molar-refractivity contribution is 5.92. The molecule has 0 aliphatic carbocycles. The molecule has 110 valence electrons. The Labute approximate surface area is 118 Å². The Bertz CT molecular complexity index is 502. The Morgan fingerprint density at radius 3 is 2.60 bits per heavy atom. The smallest absolute Gasteiger partial charge is 0.270 e. The van der Waals surface area contributed by atoms with E-state index in [4.69, 9.17) is 5.73 Å². The van der Waals surface area contributed by atoms with Crippen LogP contribution in [0.2, 0.25) is 0 Å². The van der Waals surface area contributed by atoms with Gasteiger partial charge in [0.05, 0.1) is 0 Å². The molecule has 0 spiro atoms. The fourth-order valence-electron chi connectivity index (χ4n) is 2.61. The van der Waals surface area contributed by atoms with Crippen LogP contribution in [0.15, 0.2) is 23.0 Å². The van der Waals surface area contributed by atoms with Gasteiger partial charge in [0.2, 0.25) is 5.56 Å². The summed E-state index contributed by atoms with van der Waals surface area (Å²) in [5.74, 6) is -0.108. The van der Waals surface area contributed by atoms with Crippen LogP contribution >= 0.6 is 0 Å². The van der Waals surface area contributed by atoms with E-state index < -0.39 is 0 Å². The van der Waals surface area contributed by atoms with E-state index in [1.54, 1.807) is 17.0 Å². The Morgan fingerprint density at radius 1 is 1.35 bits per heavy atom. The van der Waals surface area contributed by atoms with Gasteiger partial charge in [-0.3, -0.25) is 14.5 Å². The highest BCUT2D eigenvalue weighted by Gasteiger charge is 2.25. The third-order valence-electron chi connectivity index (χ3n) is 3.86. The van der Waals surface area contributed by atoms with Gasteiger partial charge in [0.15, 0.2) is 0 Å². The summed E-state index contributed by atoms with van der Waals surface area (Å²) in [6.07, 6.45) is 1.02. The highest BCUT2D eigenvalue weighted by atomic mass is 16.2. The lowest BCUT2D eigenvalue weighted by Crippen LogP contribution is -2.53. The number of rotatable bonds is 4. The van der Waals surface area contributed by atoms with Gasteiger partial charge in [-0.25, -0.2) is 0 Å². The van der Waals surface area contributed by atoms with E-state index in [1.807, 2.05) is 0 Å². The van der Waals surface area contributed by atoms with Crippen molar-refractivity contribution in [3.8, 4) is 0 Å². The molecule has 0 radical (unpaired) electrons. The van der Waals surface area contributed by atoms with E-state index in [9.17, 15) is 9.59 Å². The molecular weight excluding hydrogens is 256 g/mol. The molecule has 0 aromatic carbocycles. The Balaban J connectivity index is 1.97. The summed E-state index contributed by atoms with van der Waals surface area (Å²) in [7, 11) is 0. The van der Waals surface area contributed by atoms with E-state index in [0.29, 0.717) is 31.4 Å². The van der Waals surface area contributed by atoms with Crippen LogP contribution in [0, 0.1) is 0 Å². The third-order valence-corrected chi connectivity index (χ3v) is 3.86. The van der Waals surface area contributed by atoms with Gasteiger partial charge in [-0.15, -0.1) is 0 Å². The maximum absolute atomic E-state index is 12.3. The summed E-state index contributed by atoms with van der Waals surface area (Å²) in [6, 6.07) is 5.04. The molecule has 20 heavy (non-hydrogen) atoms. The van der Waals surface area contributed by atoms with Crippen LogP contribution in [-0.4, -0.2) is 59.5 Å².